The molecule has 108 valence electrons. The van der Waals surface area contributed by atoms with Crippen LogP contribution in [0.5, 0.6) is 5.75 Å². The Morgan fingerprint density at radius 1 is 1.47 bits per heavy atom. The summed E-state index contributed by atoms with van der Waals surface area (Å²) in [4.78, 5) is 0.0929. The third-order valence-corrected chi connectivity index (χ3v) is 4.28. The zero-order valence-corrected chi connectivity index (χ0v) is 12.5. The van der Waals surface area contributed by atoms with Gasteiger partial charge < -0.3 is 9.84 Å². The SMILES string of the molecule is COc1ccc(S(=O)(=O)NCCCC(C)O)cc1Cl. The molecule has 0 radical (unpaired) electrons. The fourth-order valence-corrected chi connectivity index (χ4v) is 2.92. The van der Waals surface area contributed by atoms with Crippen LogP contribution >= 0.6 is 11.6 Å². The van der Waals surface area contributed by atoms with Crippen molar-refractivity contribution in [3.63, 3.8) is 0 Å². The Hall–Kier alpha value is -0.820. The Labute approximate surface area is 118 Å². The average Bonchev–Trinajstić information content (AvgIpc) is 2.34. The van der Waals surface area contributed by atoms with E-state index in [0.717, 1.165) is 0 Å². The molecule has 0 heterocycles. The first kappa shape index (κ1) is 16.2. The highest BCUT2D eigenvalue weighted by molar-refractivity contribution is 7.89. The van der Waals surface area contributed by atoms with E-state index in [1.807, 2.05) is 0 Å². The van der Waals surface area contributed by atoms with Crippen molar-refractivity contribution in [2.45, 2.75) is 30.8 Å². The third-order valence-electron chi connectivity index (χ3n) is 2.52. The van der Waals surface area contributed by atoms with Crippen LogP contribution in [0.1, 0.15) is 19.8 Å². The number of aliphatic hydroxyl groups excluding tert-OH is 1. The van der Waals surface area contributed by atoms with Crippen molar-refractivity contribution >= 4 is 21.6 Å². The van der Waals surface area contributed by atoms with Gasteiger partial charge in [-0.2, -0.15) is 0 Å². The lowest BCUT2D eigenvalue weighted by molar-refractivity contribution is 0.182. The van der Waals surface area contributed by atoms with Gasteiger partial charge in [0.05, 0.1) is 23.1 Å². The van der Waals surface area contributed by atoms with Crippen LogP contribution in [-0.4, -0.2) is 33.3 Å². The van der Waals surface area contributed by atoms with E-state index in [1.54, 1.807) is 6.92 Å². The van der Waals surface area contributed by atoms with Gasteiger partial charge in [0.25, 0.3) is 0 Å². The molecule has 0 aliphatic heterocycles. The lowest BCUT2D eigenvalue weighted by Crippen LogP contribution is -2.25. The summed E-state index contributed by atoms with van der Waals surface area (Å²) in [5.74, 6) is 0.426. The van der Waals surface area contributed by atoms with Crippen LogP contribution in [0, 0.1) is 0 Å². The van der Waals surface area contributed by atoms with Crippen LogP contribution in [-0.2, 0) is 10.0 Å². The largest absolute Gasteiger partial charge is 0.495 e. The normalized spacial score (nSPS) is 13.3. The second-order valence-electron chi connectivity index (χ2n) is 4.19. The van der Waals surface area contributed by atoms with Gasteiger partial charge in [0.15, 0.2) is 0 Å². The first-order valence-electron chi connectivity index (χ1n) is 5.88. The summed E-state index contributed by atoms with van der Waals surface area (Å²) in [6, 6.07) is 4.28. The monoisotopic (exact) mass is 307 g/mol. The van der Waals surface area contributed by atoms with E-state index in [2.05, 4.69) is 4.72 Å². The van der Waals surface area contributed by atoms with Crippen molar-refractivity contribution < 1.29 is 18.3 Å². The molecule has 0 aromatic heterocycles. The molecule has 7 heteroatoms. The van der Waals surface area contributed by atoms with E-state index in [0.29, 0.717) is 18.6 Å². The molecule has 0 aliphatic rings. The van der Waals surface area contributed by atoms with Gasteiger partial charge in [0.1, 0.15) is 5.75 Å². The topological polar surface area (TPSA) is 75.6 Å². The molecule has 0 bridgehead atoms. The summed E-state index contributed by atoms with van der Waals surface area (Å²) in [6.07, 6.45) is 0.687. The number of methoxy groups -OCH3 is 1. The molecule has 5 nitrogen and oxygen atoms in total. The zero-order chi connectivity index (χ0) is 14.5. The molecule has 0 fully saturated rings. The Morgan fingerprint density at radius 3 is 2.68 bits per heavy atom. The van der Waals surface area contributed by atoms with Gasteiger partial charge in [-0.05, 0) is 38.0 Å². The summed E-state index contributed by atoms with van der Waals surface area (Å²) in [5.41, 5.74) is 0. The van der Waals surface area contributed by atoms with Crippen molar-refractivity contribution in [3.8, 4) is 5.75 Å². The van der Waals surface area contributed by atoms with Gasteiger partial charge in [-0.1, -0.05) is 11.6 Å². The van der Waals surface area contributed by atoms with Crippen LogP contribution in [0.3, 0.4) is 0 Å². The predicted molar refractivity (Wildman–Crippen MR) is 74.1 cm³/mol. The smallest absolute Gasteiger partial charge is 0.240 e. The van der Waals surface area contributed by atoms with E-state index in [1.165, 1.54) is 25.3 Å². The number of nitrogens with one attached hydrogen (secondary N) is 1. The fraction of sp³-hybridized carbons (Fsp3) is 0.500. The van der Waals surface area contributed by atoms with E-state index in [4.69, 9.17) is 21.4 Å². The average molecular weight is 308 g/mol. The lowest BCUT2D eigenvalue weighted by atomic mass is 10.2. The maximum Gasteiger partial charge on any atom is 0.240 e. The van der Waals surface area contributed by atoms with Crippen molar-refractivity contribution in [1.29, 1.82) is 0 Å². The molecule has 0 aliphatic carbocycles. The molecular formula is C12H18ClNO4S. The van der Waals surface area contributed by atoms with E-state index >= 15 is 0 Å². The van der Waals surface area contributed by atoms with Gasteiger partial charge in [-0.3, -0.25) is 0 Å². The van der Waals surface area contributed by atoms with Crippen molar-refractivity contribution in [2.24, 2.45) is 0 Å². The van der Waals surface area contributed by atoms with Gasteiger partial charge in [0, 0.05) is 6.54 Å². The highest BCUT2D eigenvalue weighted by atomic mass is 35.5. The molecule has 1 aromatic carbocycles. The second kappa shape index (κ2) is 7.09. The minimum Gasteiger partial charge on any atom is -0.495 e. The Kier molecular flexibility index (Phi) is 6.06. The molecule has 1 rings (SSSR count). The molecule has 1 atom stereocenters. The van der Waals surface area contributed by atoms with Gasteiger partial charge in [-0.25, -0.2) is 13.1 Å². The van der Waals surface area contributed by atoms with Gasteiger partial charge in [-0.15, -0.1) is 0 Å². The van der Waals surface area contributed by atoms with E-state index < -0.39 is 16.1 Å². The van der Waals surface area contributed by atoms with Crippen molar-refractivity contribution in [1.82, 2.24) is 4.72 Å². The molecule has 0 spiro atoms. The number of ether oxygens (including phenoxy) is 1. The number of hydrogen-bond donors (Lipinski definition) is 2. The van der Waals surface area contributed by atoms with Crippen LogP contribution in [0.2, 0.25) is 5.02 Å². The lowest BCUT2D eigenvalue weighted by Gasteiger charge is -2.09. The minimum atomic E-state index is -3.58. The van der Waals surface area contributed by atoms with E-state index in [9.17, 15) is 8.42 Å². The zero-order valence-electron chi connectivity index (χ0n) is 10.9. The molecule has 2 N–H and O–H groups in total. The van der Waals surface area contributed by atoms with Crippen molar-refractivity contribution in [3.05, 3.63) is 23.2 Å². The van der Waals surface area contributed by atoms with Gasteiger partial charge in [0.2, 0.25) is 10.0 Å². The van der Waals surface area contributed by atoms with Crippen LogP contribution < -0.4 is 9.46 Å². The number of aliphatic hydroxyl groups is 1. The highest BCUT2D eigenvalue weighted by Crippen LogP contribution is 2.26. The number of rotatable bonds is 7. The van der Waals surface area contributed by atoms with Crippen LogP contribution in [0.25, 0.3) is 0 Å². The van der Waals surface area contributed by atoms with Crippen LogP contribution in [0.4, 0.5) is 0 Å². The fourth-order valence-electron chi connectivity index (χ4n) is 1.50. The molecule has 0 amide bonds. The second-order valence-corrected chi connectivity index (χ2v) is 6.36. The number of halogens is 1. The molecule has 1 unspecified atom stereocenters. The summed E-state index contributed by atoms with van der Waals surface area (Å²) < 4.78 is 31.3. The molecule has 0 saturated heterocycles. The summed E-state index contributed by atoms with van der Waals surface area (Å²) in [7, 11) is -2.12. The number of hydrogen-bond acceptors (Lipinski definition) is 4. The quantitative estimate of drug-likeness (QED) is 0.753. The Balaban J connectivity index is 2.69. The Bertz CT molecular complexity index is 516. The maximum atomic E-state index is 12.0. The maximum absolute atomic E-state index is 12.0. The first-order valence-corrected chi connectivity index (χ1v) is 7.74. The van der Waals surface area contributed by atoms with Crippen molar-refractivity contribution in [2.75, 3.05) is 13.7 Å². The molecule has 19 heavy (non-hydrogen) atoms. The third kappa shape index (κ3) is 4.99. The first-order chi connectivity index (χ1) is 8.86. The number of benzene rings is 1. The summed E-state index contributed by atoms with van der Waals surface area (Å²) in [5, 5.41) is 9.33. The summed E-state index contributed by atoms with van der Waals surface area (Å²) in [6.45, 7) is 1.94. The summed E-state index contributed by atoms with van der Waals surface area (Å²) >= 11 is 5.89. The highest BCUT2D eigenvalue weighted by Gasteiger charge is 2.15. The minimum absolute atomic E-state index is 0.0929. The standard InChI is InChI=1S/C12H18ClNO4S/c1-9(15)4-3-7-14-19(16,17)10-5-6-12(18-2)11(13)8-10/h5-6,8-9,14-15H,3-4,7H2,1-2H3. The van der Waals surface area contributed by atoms with Crippen LogP contribution in [0.15, 0.2) is 23.1 Å². The molecule has 1 aromatic rings. The molecular weight excluding hydrogens is 290 g/mol. The Morgan fingerprint density at radius 2 is 2.16 bits per heavy atom. The number of sulfonamides is 1. The van der Waals surface area contributed by atoms with Gasteiger partial charge >= 0.3 is 0 Å². The molecule has 0 saturated carbocycles. The van der Waals surface area contributed by atoms with E-state index in [-0.39, 0.29) is 16.5 Å². The predicted octanol–water partition coefficient (Wildman–Crippen LogP) is 1.79.